The quantitative estimate of drug-likeness (QED) is 0.0166. The van der Waals surface area contributed by atoms with E-state index < -0.39 is 309 Å². The van der Waals surface area contributed by atoms with Crippen molar-refractivity contribution in [2.75, 3.05) is 72.1 Å². The van der Waals surface area contributed by atoms with E-state index in [4.69, 9.17) is 62.4 Å². The van der Waals surface area contributed by atoms with Gasteiger partial charge >= 0.3 is 0 Å². The molecule has 4 rings (SSSR count). The third-order valence-corrected chi connectivity index (χ3v) is 23.0. The van der Waals surface area contributed by atoms with Gasteiger partial charge in [-0.1, -0.05) is 42.5 Å². The lowest BCUT2D eigenvalue weighted by Crippen LogP contribution is -2.61. The van der Waals surface area contributed by atoms with Crippen molar-refractivity contribution >= 4 is 142 Å². The summed E-state index contributed by atoms with van der Waals surface area (Å²) in [5, 5.41) is 88.7. The second-order valence-corrected chi connectivity index (χ2v) is 35.2. The largest absolute Gasteiger partial charge is 0.394 e. The van der Waals surface area contributed by atoms with E-state index in [1.807, 2.05) is 0 Å². The average Bonchev–Trinajstić information content (AvgIpc) is 0.886. The van der Waals surface area contributed by atoms with E-state index in [9.17, 15) is 106 Å². The maximum atomic E-state index is 15.1. The Hall–Kier alpha value is -15.0. The molecule has 2 heterocycles. The molecule has 57 heteroatoms. The van der Waals surface area contributed by atoms with Gasteiger partial charge in [0.2, 0.25) is 130 Å². The number of nitrogens with two attached hydrogens (primary N) is 9. The molecular formula is C90H145FN32O24. The van der Waals surface area contributed by atoms with E-state index in [2.05, 4.69) is 112 Å². The van der Waals surface area contributed by atoms with Gasteiger partial charge in [-0.05, 0) is 185 Å². The molecule has 2 aromatic carbocycles. The van der Waals surface area contributed by atoms with Crippen LogP contribution < -0.4 is 163 Å². The zero-order valence-electron chi connectivity index (χ0n) is 82.0. The molecule has 2 fully saturated rings. The minimum Gasteiger partial charge on any atom is -0.394 e. The Balaban J connectivity index is 1.72. The standard InChI is InChI=1S/C90H145FN32O24/c1-48(125)73(123-86(145)62(40-50-26-28-51(91)29-27-50)111-71(131)45-107-70(130)44-108-75(134)52(95)39-49-17-3-2-4-18-49)88(147)109-46-72(132)110-53-22-8-13-36-104-69(129)43-64(121-87(146)65(47-124)122-82(141)56(21-7-12-34-94)114-79(138)58(116-76(53)135)24-15-37-105-89(99)100)85(144)117-59(25-16-38-106-90(101)102)80(139)112-54(19-5-10-32-92)77(136)115-57-23-9-14-35-103-68(128)42-61(74(98)133)119-83(142)60(30-31-66(96)126)118-84(143)63(41-67(97)127)120-81(140)55(113-78(57)137)20-6-11-33-93/h2-4,17-18,26-29,48,52-65,73,124-125H,5-16,19-25,30-47,92-95H2,1H3,(H2,96,126)(H2,97,127)(H2,98,133)(H,103,128)(H,104,129)(H,107,130)(H,108,134)(H,109,147)(H,110,132)(H,111,131)(H,112,139)(H,113,137)(H,114,138)(H,115,136)(H,116,135)(H,117,144)(H,118,143)(H,119,142)(H,120,140)(H,121,146)(H,122,141)(H,123,145)(H4,99,100,105)(H4,101,102,106)/t48-,52+,53+,54+,55+,56+,57+,58+,59+,60+,61+,62+,63+,64+,65+,73+/m1/s1. The molecule has 0 unspecified atom stereocenters. The Morgan fingerprint density at radius 3 is 1.41 bits per heavy atom. The zero-order chi connectivity index (χ0) is 109. The van der Waals surface area contributed by atoms with Crippen LogP contribution >= 0.6 is 0 Å². The van der Waals surface area contributed by atoms with Gasteiger partial charge in [-0.15, -0.1) is 0 Å². The Morgan fingerprint density at radius 2 is 0.878 bits per heavy atom. The van der Waals surface area contributed by atoms with E-state index in [0.717, 1.165) is 24.6 Å². The summed E-state index contributed by atoms with van der Waals surface area (Å²) < 4.78 is 14.1. The van der Waals surface area contributed by atoms with Gasteiger partial charge in [0.1, 0.15) is 90.4 Å². The lowest BCUT2D eigenvalue weighted by molar-refractivity contribution is -0.137. The van der Waals surface area contributed by atoms with Crippen molar-refractivity contribution in [2.24, 2.45) is 51.6 Å². The molecule has 0 spiro atoms. The van der Waals surface area contributed by atoms with Gasteiger partial charge < -0.3 is 173 Å². The highest BCUT2D eigenvalue weighted by Crippen LogP contribution is 2.16. The summed E-state index contributed by atoms with van der Waals surface area (Å²) in [4.78, 5) is 307. The molecule has 56 nitrogen and oxygen atoms in total. The number of aliphatic hydroxyl groups is 2. The Kier molecular flexibility index (Phi) is 57.2. The van der Waals surface area contributed by atoms with Crippen LogP contribution in [-0.4, -0.2) is 321 Å². The third kappa shape index (κ3) is 49.4. The molecule has 2 aliphatic rings. The van der Waals surface area contributed by atoms with E-state index in [-0.39, 0.29) is 180 Å². The highest BCUT2D eigenvalue weighted by atomic mass is 19.1. The summed E-state index contributed by atoms with van der Waals surface area (Å²) in [6, 6.07) is -12.2. The number of halogens is 1. The van der Waals surface area contributed by atoms with Crippen LogP contribution in [0.25, 0.3) is 0 Å². The van der Waals surface area contributed by atoms with Crippen molar-refractivity contribution in [3.05, 3.63) is 71.5 Å². The molecule has 22 amide bonds. The van der Waals surface area contributed by atoms with Crippen molar-refractivity contribution < 1.29 is 120 Å². The van der Waals surface area contributed by atoms with E-state index in [0.29, 0.717) is 0 Å². The molecule has 816 valence electrons. The second-order valence-electron chi connectivity index (χ2n) is 35.2. The number of aliphatic hydroxyl groups excluding tert-OH is 2. The molecule has 2 saturated heterocycles. The minimum absolute atomic E-state index is 0.0217. The van der Waals surface area contributed by atoms with Gasteiger partial charge in [0.25, 0.3) is 0 Å². The second kappa shape index (κ2) is 67.6. The van der Waals surface area contributed by atoms with Crippen LogP contribution in [0.5, 0.6) is 0 Å². The van der Waals surface area contributed by atoms with Gasteiger partial charge in [0, 0.05) is 39.0 Å². The topological polar surface area (TPSA) is 951 Å². The Morgan fingerprint density at radius 1 is 0.429 bits per heavy atom. The van der Waals surface area contributed by atoms with Crippen molar-refractivity contribution in [3.8, 4) is 0 Å². The fraction of sp³-hybridized carbons (Fsp3) is 0.600. The normalized spacial score (nSPS) is 20.7. The summed E-state index contributed by atoms with van der Waals surface area (Å²) in [6.07, 6.45) is -7.01. The van der Waals surface area contributed by atoms with Crippen LogP contribution in [0.1, 0.15) is 172 Å². The van der Waals surface area contributed by atoms with E-state index in [1.165, 1.54) is 12.1 Å². The summed E-state index contributed by atoms with van der Waals surface area (Å²) in [7, 11) is 0. The first-order valence-corrected chi connectivity index (χ1v) is 48.4. The molecule has 0 aliphatic carbocycles. The minimum atomic E-state index is -2.07. The van der Waals surface area contributed by atoms with Crippen LogP contribution in [0.3, 0.4) is 0 Å². The summed E-state index contributed by atoms with van der Waals surface area (Å²) in [5.41, 5.74) is 52.2. The first-order valence-electron chi connectivity index (χ1n) is 48.4. The molecule has 0 bridgehead atoms. The smallest absolute Gasteiger partial charge is 0.245 e. The van der Waals surface area contributed by atoms with Crippen LogP contribution in [0.4, 0.5) is 4.39 Å². The summed E-state index contributed by atoms with van der Waals surface area (Å²) >= 11 is 0. The first-order chi connectivity index (χ1) is 69.8. The summed E-state index contributed by atoms with van der Waals surface area (Å²) in [6.45, 7) is -3.01. The molecule has 2 aromatic rings. The number of amides is 22. The number of hydrogen-bond donors (Lipinski definition) is 34. The van der Waals surface area contributed by atoms with Crippen molar-refractivity contribution in [3.63, 3.8) is 0 Å². The lowest BCUT2D eigenvalue weighted by Gasteiger charge is -2.28. The molecule has 0 saturated carbocycles. The fourth-order valence-electron chi connectivity index (χ4n) is 14.9. The molecule has 147 heavy (non-hydrogen) atoms. The Bertz CT molecular complexity index is 4800. The first kappa shape index (κ1) is 124. The highest BCUT2D eigenvalue weighted by molar-refractivity contribution is 6.03. The van der Waals surface area contributed by atoms with Crippen molar-refractivity contribution in [1.29, 1.82) is 10.8 Å². The molecule has 0 aromatic heterocycles. The maximum absolute atomic E-state index is 15.1. The third-order valence-electron chi connectivity index (χ3n) is 23.0. The van der Waals surface area contributed by atoms with Gasteiger partial charge in [-0.25, -0.2) is 4.39 Å². The van der Waals surface area contributed by atoms with Crippen LogP contribution in [-0.2, 0) is 118 Å². The van der Waals surface area contributed by atoms with Crippen molar-refractivity contribution in [1.82, 2.24) is 112 Å². The fourth-order valence-corrected chi connectivity index (χ4v) is 14.9. The monoisotopic (exact) mass is 2080 g/mol. The molecule has 16 atom stereocenters. The number of hydrogen-bond acceptors (Lipinski definition) is 30. The van der Waals surface area contributed by atoms with Crippen LogP contribution in [0.15, 0.2) is 54.6 Å². The maximum Gasteiger partial charge on any atom is 0.245 e. The number of rotatable bonds is 50. The SMILES string of the molecule is C[C@@H](O)[C@H](NC(=O)[C@H](Cc1ccc(F)cc1)NC(=O)CNC(=O)CNC(=O)[C@@H](N)Cc1ccccc1)C(=O)NCC(=O)N[C@H]1CCCCNC(=O)C[C@@H](C(=O)N[C@@H](CCCNC(=N)N)C(=O)N[C@@H](CCCCN)C(=O)N[C@H]2CCCCNC(=O)C[C@@H](C(N)=O)NC(=O)[C@H](CCC(N)=O)NC(=O)[C@H](CC(N)=O)NC(=O)[C@H](CCCCN)NC2=O)NC(=O)[C@H](CO)NC(=O)[C@H](CCCCN)NC(=O)[C@H](CCCNC(=N)N)NC1=O. The number of carbonyl (C=O) groups excluding carboxylic acids is 22. The molecule has 2 aliphatic heterocycles. The van der Waals surface area contributed by atoms with E-state index >= 15 is 14.4 Å². The highest BCUT2D eigenvalue weighted by Gasteiger charge is 2.40. The number of carbonyl (C=O) groups is 22. The van der Waals surface area contributed by atoms with Gasteiger partial charge in [0.05, 0.1) is 57.6 Å². The van der Waals surface area contributed by atoms with Crippen molar-refractivity contribution in [2.45, 2.75) is 271 Å². The lowest BCUT2D eigenvalue weighted by atomic mass is 10.0. The summed E-state index contributed by atoms with van der Waals surface area (Å²) in [5.74, 6) is -25.4. The van der Waals surface area contributed by atoms with E-state index in [1.54, 1.807) is 30.3 Å². The Labute approximate surface area is 846 Å². The molecule has 0 radical (unpaired) electrons. The molecular weight excluding hydrogens is 1930 g/mol. The van der Waals surface area contributed by atoms with Crippen LogP contribution in [0.2, 0.25) is 0 Å². The molecule has 43 N–H and O–H groups in total. The zero-order valence-corrected chi connectivity index (χ0v) is 82.0. The number of primary amides is 3. The number of guanidine groups is 2. The van der Waals surface area contributed by atoms with Gasteiger partial charge in [-0.3, -0.25) is 116 Å². The number of benzene rings is 2. The predicted molar refractivity (Wildman–Crippen MR) is 524 cm³/mol. The predicted octanol–water partition coefficient (Wildman–Crippen LogP) is -13.6. The average molecular weight is 2080 g/mol. The van der Waals surface area contributed by atoms with Gasteiger partial charge in [0.15, 0.2) is 11.9 Å². The number of nitrogens with one attached hydrogen (secondary N) is 23. The van der Waals surface area contributed by atoms with Crippen LogP contribution in [0, 0.1) is 16.6 Å². The number of unbranched alkanes of at least 4 members (excludes halogenated alkanes) is 3. The van der Waals surface area contributed by atoms with Gasteiger partial charge in [-0.2, -0.15) is 0 Å².